The highest BCUT2D eigenvalue weighted by Crippen LogP contribution is 2.30. The fraction of sp³-hybridized carbons (Fsp3) is 0.958. The van der Waals surface area contributed by atoms with E-state index >= 15 is 0 Å². The maximum Gasteiger partial charge on any atom is 0.508 e. The molecule has 4 heteroatoms. The Balaban J connectivity index is 1.95. The zero-order chi connectivity index (χ0) is 20.9. The molecule has 4 nitrogen and oxygen atoms in total. The summed E-state index contributed by atoms with van der Waals surface area (Å²) in [6.07, 6.45) is 16.8. The molecule has 0 radical (unpaired) electrons. The molecule has 1 fully saturated rings. The Morgan fingerprint density at radius 1 is 0.786 bits per heavy atom. The summed E-state index contributed by atoms with van der Waals surface area (Å²) >= 11 is 0. The van der Waals surface area contributed by atoms with E-state index in [4.69, 9.17) is 9.47 Å². The van der Waals surface area contributed by atoms with E-state index in [1.165, 1.54) is 64.2 Å². The summed E-state index contributed by atoms with van der Waals surface area (Å²) in [5, 5.41) is 3.60. The molecule has 0 bridgehead atoms. The Morgan fingerprint density at radius 3 is 1.68 bits per heavy atom. The molecule has 0 spiro atoms. The molecule has 0 aromatic heterocycles. The smallest absolute Gasteiger partial charge is 0.434 e. The third-order valence-electron chi connectivity index (χ3n) is 5.63. The third-order valence-corrected chi connectivity index (χ3v) is 5.63. The zero-order valence-electron chi connectivity index (χ0n) is 19.4. The summed E-state index contributed by atoms with van der Waals surface area (Å²) in [4.78, 5) is 12.0. The average Bonchev–Trinajstić information content (AvgIpc) is 2.56. The summed E-state index contributed by atoms with van der Waals surface area (Å²) in [5.41, 5.74) is -0.0512. The highest BCUT2D eigenvalue weighted by Gasteiger charge is 2.39. The van der Waals surface area contributed by atoms with Crippen molar-refractivity contribution in [3.8, 4) is 0 Å². The van der Waals surface area contributed by atoms with Crippen molar-refractivity contribution >= 4 is 6.16 Å². The molecule has 0 aromatic rings. The van der Waals surface area contributed by atoms with Gasteiger partial charge in [0.2, 0.25) is 0 Å². The molecule has 0 saturated carbocycles. The van der Waals surface area contributed by atoms with Gasteiger partial charge in [0, 0.05) is 23.9 Å². The van der Waals surface area contributed by atoms with E-state index in [0.29, 0.717) is 6.61 Å². The molecule has 0 atom stereocenters. The fourth-order valence-electron chi connectivity index (χ4n) is 4.58. The minimum Gasteiger partial charge on any atom is -0.434 e. The summed E-state index contributed by atoms with van der Waals surface area (Å²) in [5.74, 6) is 0. The maximum absolute atomic E-state index is 12.0. The van der Waals surface area contributed by atoms with E-state index in [0.717, 1.165) is 25.7 Å². The van der Waals surface area contributed by atoms with Crippen LogP contribution in [0.4, 0.5) is 4.79 Å². The predicted molar refractivity (Wildman–Crippen MR) is 118 cm³/mol. The van der Waals surface area contributed by atoms with Crippen LogP contribution in [-0.2, 0) is 9.47 Å². The van der Waals surface area contributed by atoms with Gasteiger partial charge in [-0.05, 0) is 34.1 Å². The molecule has 1 saturated heterocycles. The van der Waals surface area contributed by atoms with Gasteiger partial charge in [-0.3, -0.25) is 0 Å². The zero-order valence-corrected chi connectivity index (χ0v) is 19.4. The van der Waals surface area contributed by atoms with Crippen LogP contribution >= 0.6 is 0 Å². The summed E-state index contributed by atoms with van der Waals surface area (Å²) < 4.78 is 10.9. The van der Waals surface area contributed by atoms with Crippen LogP contribution in [0.25, 0.3) is 0 Å². The van der Waals surface area contributed by atoms with Crippen molar-refractivity contribution in [3.63, 3.8) is 0 Å². The number of unbranched alkanes of at least 4 members (excludes halogenated alkanes) is 11. The topological polar surface area (TPSA) is 47.6 Å². The first kappa shape index (κ1) is 25.3. The molecular formula is C24H47NO3. The number of carbonyl (C=O) groups excluding carboxylic acids is 1. The maximum atomic E-state index is 12.0. The lowest BCUT2D eigenvalue weighted by Gasteiger charge is -2.45. The van der Waals surface area contributed by atoms with E-state index in [1.54, 1.807) is 0 Å². The van der Waals surface area contributed by atoms with E-state index < -0.39 is 6.16 Å². The highest BCUT2D eigenvalue weighted by atomic mass is 16.7. The highest BCUT2D eigenvalue weighted by molar-refractivity contribution is 5.60. The van der Waals surface area contributed by atoms with Crippen molar-refractivity contribution in [2.24, 2.45) is 0 Å². The summed E-state index contributed by atoms with van der Waals surface area (Å²) in [6, 6.07) is 0. The van der Waals surface area contributed by atoms with Crippen molar-refractivity contribution in [2.45, 2.75) is 142 Å². The number of hydrogen-bond donors (Lipinski definition) is 1. The molecule has 0 unspecified atom stereocenters. The molecule has 0 aromatic carbocycles. The third kappa shape index (κ3) is 12.6. The molecule has 0 aliphatic carbocycles. The van der Waals surface area contributed by atoms with Crippen LogP contribution in [0.3, 0.4) is 0 Å². The second-order valence-corrected chi connectivity index (χ2v) is 10.0. The summed E-state index contributed by atoms with van der Waals surface area (Å²) in [6.45, 7) is 11.4. The average molecular weight is 398 g/mol. The van der Waals surface area contributed by atoms with Crippen molar-refractivity contribution in [2.75, 3.05) is 6.61 Å². The Bertz CT molecular complexity index is 404. The quantitative estimate of drug-likeness (QED) is 0.250. The minimum absolute atomic E-state index is 0.0256. The van der Waals surface area contributed by atoms with Crippen molar-refractivity contribution < 1.29 is 14.3 Å². The van der Waals surface area contributed by atoms with Gasteiger partial charge >= 0.3 is 6.16 Å². The Hall–Kier alpha value is -0.770. The largest absolute Gasteiger partial charge is 0.508 e. The lowest BCUT2D eigenvalue weighted by molar-refractivity contribution is -0.0198. The van der Waals surface area contributed by atoms with Gasteiger partial charge in [-0.1, -0.05) is 77.6 Å². The lowest BCUT2D eigenvalue weighted by atomic mass is 9.81. The number of rotatable bonds is 14. The number of nitrogens with one attached hydrogen (secondary N) is 1. The van der Waals surface area contributed by atoms with Crippen LogP contribution < -0.4 is 5.32 Å². The van der Waals surface area contributed by atoms with Gasteiger partial charge in [-0.25, -0.2) is 4.79 Å². The van der Waals surface area contributed by atoms with E-state index in [1.807, 2.05) is 0 Å². The fourth-order valence-corrected chi connectivity index (χ4v) is 4.58. The Kier molecular flexibility index (Phi) is 12.1. The molecule has 1 N–H and O–H groups in total. The Labute approximate surface area is 174 Å². The Morgan fingerprint density at radius 2 is 1.21 bits per heavy atom. The van der Waals surface area contributed by atoms with Gasteiger partial charge in [0.1, 0.15) is 6.10 Å². The molecule has 1 heterocycles. The van der Waals surface area contributed by atoms with Gasteiger partial charge < -0.3 is 14.8 Å². The molecule has 1 rings (SSSR count). The van der Waals surface area contributed by atoms with Gasteiger partial charge in [0.15, 0.2) is 0 Å². The SMILES string of the molecule is CCCCCCCCCCCCCCOC(=O)OC1CC(C)(C)NC(C)(C)C1. The standard InChI is InChI=1S/C24H47NO3/c1-6-7-8-9-10-11-12-13-14-15-16-17-18-27-22(26)28-21-19-23(2,3)25-24(4,5)20-21/h21,25H,6-20H2,1-5H3. The van der Waals surface area contributed by atoms with Crippen LogP contribution in [0.1, 0.15) is 125 Å². The van der Waals surface area contributed by atoms with Gasteiger partial charge in [0.25, 0.3) is 0 Å². The minimum atomic E-state index is -0.499. The van der Waals surface area contributed by atoms with Crippen molar-refractivity contribution in [3.05, 3.63) is 0 Å². The monoisotopic (exact) mass is 397 g/mol. The van der Waals surface area contributed by atoms with E-state index in [2.05, 4.69) is 39.9 Å². The second-order valence-electron chi connectivity index (χ2n) is 10.0. The first-order valence-electron chi connectivity index (χ1n) is 11.9. The number of carbonyl (C=O) groups is 1. The van der Waals surface area contributed by atoms with Gasteiger partial charge in [-0.2, -0.15) is 0 Å². The second kappa shape index (κ2) is 13.5. The first-order chi connectivity index (χ1) is 13.2. The molecule has 0 amide bonds. The molecule has 1 aliphatic rings. The number of ether oxygens (including phenoxy) is 2. The van der Waals surface area contributed by atoms with Gasteiger partial charge in [-0.15, -0.1) is 0 Å². The molecule has 28 heavy (non-hydrogen) atoms. The van der Waals surface area contributed by atoms with Crippen LogP contribution in [0, 0.1) is 0 Å². The molecule has 1 aliphatic heterocycles. The van der Waals surface area contributed by atoms with Crippen LogP contribution in [0.2, 0.25) is 0 Å². The molecule has 166 valence electrons. The van der Waals surface area contributed by atoms with Crippen LogP contribution in [-0.4, -0.2) is 29.9 Å². The normalized spacial score (nSPS) is 18.8. The summed E-state index contributed by atoms with van der Waals surface area (Å²) in [7, 11) is 0. The number of hydrogen-bond acceptors (Lipinski definition) is 4. The van der Waals surface area contributed by atoms with Gasteiger partial charge in [0.05, 0.1) is 6.61 Å². The molecular weight excluding hydrogens is 350 g/mol. The van der Waals surface area contributed by atoms with E-state index in [-0.39, 0.29) is 17.2 Å². The van der Waals surface area contributed by atoms with Crippen molar-refractivity contribution in [1.29, 1.82) is 0 Å². The first-order valence-corrected chi connectivity index (χ1v) is 11.9. The van der Waals surface area contributed by atoms with E-state index in [9.17, 15) is 4.79 Å². The van der Waals surface area contributed by atoms with Crippen molar-refractivity contribution in [1.82, 2.24) is 5.32 Å². The lowest BCUT2D eigenvalue weighted by Crippen LogP contribution is -2.59. The predicted octanol–water partition coefficient (Wildman–Crippen LogP) is 7.15. The van der Waals surface area contributed by atoms with Crippen LogP contribution in [0.5, 0.6) is 0 Å². The van der Waals surface area contributed by atoms with Crippen LogP contribution in [0.15, 0.2) is 0 Å². The number of piperidine rings is 1.